The van der Waals surface area contributed by atoms with E-state index in [1.54, 1.807) is 7.11 Å². The molecule has 2 N–H and O–H groups in total. The molecule has 0 bridgehead atoms. The van der Waals surface area contributed by atoms with Gasteiger partial charge in [0, 0.05) is 42.5 Å². The second kappa shape index (κ2) is 5.47. The lowest BCUT2D eigenvalue weighted by Crippen LogP contribution is -2.38. The molecule has 0 unspecified atom stereocenters. The minimum Gasteiger partial charge on any atom is -0.496 e. The summed E-state index contributed by atoms with van der Waals surface area (Å²) in [4.78, 5) is 4.57. The first-order chi connectivity index (χ1) is 8.24. The van der Waals surface area contributed by atoms with Crippen molar-refractivity contribution in [1.82, 2.24) is 9.99 Å². The number of hydrogen-bond acceptors (Lipinski definition) is 4. The molecule has 0 amide bonds. The molecule has 0 spiro atoms. The first kappa shape index (κ1) is 12.3. The number of hydrogen-bond donors (Lipinski definition) is 1. The summed E-state index contributed by atoms with van der Waals surface area (Å²) in [5.41, 5.74) is 2.32. The summed E-state index contributed by atoms with van der Waals surface area (Å²) in [5, 5.41) is 1.88. The van der Waals surface area contributed by atoms with Crippen molar-refractivity contribution in [3.8, 4) is 5.75 Å². The summed E-state index contributed by atoms with van der Waals surface area (Å²) in [6, 6.07) is 2.09. The van der Waals surface area contributed by atoms with E-state index in [0.717, 1.165) is 43.8 Å². The zero-order valence-electron chi connectivity index (χ0n) is 10.6. The van der Waals surface area contributed by atoms with Crippen molar-refractivity contribution in [3.05, 3.63) is 23.5 Å². The average Bonchev–Trinajstić information content (AvgIpc) is 2.39. The largest absolute Gasteiger partial charge is 0.496 e. The fourth-order valence-corrected chi connectivity index (χ4v) is 2.35. The minimum absolute atomic E-state index is 0.523. The molecule has 1 aromatic rings. The van der Waals surface area contributed by atoms with Crippen LogP contribution in [-0.2, 0) is 6.42 Å². The predicted molar refractivity (Wildman–Crippen MR) is 67.9 cm³/mol. The number of methoxy groups -OCH3 is 1. The highest BCUT2D eigenvalue weighted by atomic mass is 16.5. The molecule has 0 atom stereocenters. The number of hydrazine groups is 1. The topological polar surface area (TPSA) is 51.4 Å². The van der Waals surface area contributed by atoms with Crippen LogP contribution in [0.15, 0.2) is 12.3 Å². The van der Waals surface area contributed by atoms with Gasteiger partial charge in [-0.1, -0.05) is 6.92 Å². The maximum Gasteiger partial charge on any atom is 0.125 e. The van der Waals surface area contributed by atoms with E-state index in [1.165, 1.54) is 5.56 Å². The van der Waals surface area contributed by atoms with Gasteiger partial charge in [-0.05, 0) is 19.3 Å². The van der Waals surface area contributed by atoms with E-state index in [4.69, 9.17) is 10.6 Å². The van der Waals surface area contributed by atoms with Crippen LogP contribution >= 0.6 is 0 Å². The van der Waals surface area contributed by atoms with Crippen molar-refractivity contribution in [2.45, 2.75) is 32.1 Å². The van der Waals surface area contributed by atoms with Crippen molar-refractivity contribution >= 4 is 0 Å². The normalized spacial score (nSPS) is 18.3. The van der Waals surface area contributed by atoms with Gasteiger partial charge < -0.3 is 4.74 Å². The third-order valence-electron chi connectivity index (χ3n) is 3.51. The van der Waals surface area contributed by atoms with Gasteiger partial charge in [0.1, 0.15) is 5.75 Å². The van der Waals surface area contributed by atoms with E-state index in [9.17, 15) is 0 Å². The zero-order valence-corrected chi connectivity index (χ0v) is 10.6. The Kier molecular flexibility index (Phi) is 3.97. The molecule has 94 valence electrons. The lowest BCUT2D eigenvalue weighted by atomic mass is 9.93. The number of nitrogens with zero attached hydrogens (tertiary/aromatic N) is 2. The predicted octanol–water partition coefficient (Wildman–Crippen LogP) is 1.71. The highest BCUT2D eigenvalue weighted by Crippen LogP contribution is 2.29. The van der Waals surface area contributed by atoms with Gasteiger partial charge in [-0.15, -0.1) is 0 Å². The molecule has 1 aliphatic heterocycles. The molecule has 0 aromatic carbocycles. The van der Waals surface area contributed by atoms with Crippen LogP contribution in [0.25, 0.3) is 0 Å². The fourth-order valence-electron chi connectivity index (χ4n) is 2.35. The molecule has 1 fully saturated rings. The second-order valence-electron chi connectivity index (χ2n) is 4.58. The Hall–Kier alpha value is -1.13. The first-order valence-corrected chi connectivity index (χ1v) is 6.27. The number of rotatable bonds is 3. The maximum absolute atomic E-state index is 5.76. The number of aryl methyl sites for hydroxylation is 1. The lowest BCUT2D eigenvalue weighted by molar-refractivity contribution is 0.215. The maximum atomic E-state index is 5.76. The number of piperidine rings is 1. The van der Waals surface area contributed by atoms with E-state index in [1.807, 2.05) is 11.2 Å². The third-order valence-corrected chi connectivity index (χ3v) is 3.51. The van der Waals surface area contributed by atoms with Gasteiger partial charge >= 0.3 is 0 Å². The Morgan fingerprint density at radius 2 is 2.18 bits per heavy atom. The van der Waals surface area contributed by atoms with Crippen molar-refractivity contribution in [3.63, 3.8) is 0 Å². The van der Waals surface area contributed by atoms with Gasteiger partial charge in [-0.3, -0.25) is 10.8 Å². The van der Waals surface area contributed by atoms with E-state index in [-0.39, 0.29) is 0 Å². The Morgan fingerprint density at radius 1 is 1.47 bits per heavy atom. The van der Waals surface area contributed by atoms with Gasteiger partial charge in [0.2, 0.25) is 0 Å². The molecule has 4 heteroatoms. The van der Waals surface area contributed by atoms with E-state index in [0.29, 0.717) is 5.92 Å². The molecule has 17 heavy (non-hydrogen) atoms. The fraction of sp³-hybridized carbons (Fsp3) is 0.615. The number of pyridine rings is 1. The summed E-state index contributed by atoms with van der Waals surface area (Å²) in [6.45, 7) is 4.01. The van der Waals surface area contributed by atoms with Crippen LogP contribution < -0.4 is 10.6 Å². The summed E-state index contributed by atoms with van der Waals surface area (Å²) in [7, 11) is 1.72. The first-order valence-electron chi connectivity index (χ1n) is 6.27. The van der Waals surface area contributed by atoms with Gasteiger partial charge in [0.05, 0.1) is 7.11 Å². The molecule has 1 aromatic heterocycles. The molecule has 4 nitrogen and oxygen atoms in total. The summed E-state index contributed by atoms with van der Waals surface area (Å²) < 4.78 is 5.41. The molecule has 0 radical (unpaired) electrons. The van der Waals surface area contributed by atoms with Gasteiger partial charge in [-0.25, -0.2) is 5.01 Å². The highest BCUT2D eigenvalue weighted by Gasteiger charge is 2.20. The standard InChI is InChI=1S/C13H21N3O/c1-3-10-9-15-12(8-13(10)17-2)11-4-6-16(14)7-5-11/h8-9,11H,3-7,14H2,1-2H3. The molecule has 1 saturated heterocycles. The minimum atomic E-state index is 0.523. The molecular formula is C13H21N3O. The summed E-state index contributed by atoms with van der Waals surface area (Å²) in [6.07, 6.45) is 5.07. The van der Waals surface area contributed by atoms with Crippen LogP contribution in [0, 0.1) is 0 Å². The molecule has 0 aliphatic carbocycles. The monoisotopic (exact) mass is 235 g/mol. The van der Waals surface area contributed by atoms with Crippen LogP contribution in [0.5, 0.6) is 5.75 Å². The molecule has 0 saturated carbocycles. The number of aromatic nitrogens is 1. The summed E-state index contributed by atoms with van der Waals surface area (Å²) in [5.74, 6) is 7.25. The van der Waals surface area contributed by atoms with E-state index < -0.39 is 0 Å². The third kappa shape index (κ3) is 2.76. The molecule has 2 rings (SSSR count). The van der Waals surface area contributed by atoms with E-state index >= 15 is 0 Å². The van der Waals surface area contributed by atoms with Crippen LogP contribution in [0.1, 0.15) is 36.9 Å². The van der Waals surface area contributed by atoms with Gasteiger partial charge in [0.15, 0.2) is 0 Å². The Balaban J connectivity index is 2.16. The summed E-state index contributed by atoms with van der Waals surface area (Å²) >= 11 is 0. The van der Waals surface area contributed by atoms with Gasteiger partial charge in [-0.2, -0.15) is 0 Å². The molecule has 1 aliphatic rings. The smallest absolute Gasteiger partial charge is 0.125 e. The van der Waals surface area contributed by atoms with Crippen LogP contribution in [0.4, 0.5) is 0 Å². The average molecular weight is 235 g/mol. The highest BCUT2D eigenvalue weighted by molar-refractivity contribution is 5.34. The van der Waals surface area contributed by atoms with Crippen LogP contribution in [0.2, 0.25) is 0 Å². The quantitative estimate of drug-likeness (QED) is 0.810. The second-order valence-corrected chi connectivity index (χ2v) is 4.58. The van der Waals surface area contributed by atoms with Crippen molar-refractivity contribution < 1.29 is 4.74 Å². The van der Waals surface area contributed by atoms with Crippen LogP contribution in [-0.4, -0.2) is 30.2 Å². The van der Waals surface area contributed by atoms with Crippen molar-refractivity contribution in [2.75, 3.05) is 20.2 Å². The van der Waals surface area contributed by atoms with E-state index in [2.05, 4.69) is 18.0 Å². The van der Waals surface area contributed by atoms with Crippen LogP contribution in [0.3, 0.4) is 0 Å². The zero-order chi connectivity index (χ0) is 12.3. The Morgan fingerprint density at radius 3 is 2.76 bits per heavy atom. The van der Waals surface area contributed by atoms with Crippen molar-refractivity contribution in [1.29, 1.82) is 0 Å². The Bertz CT molecular complexity index is 373. The molecular weight excluding hydrogens is 214 g/mol. The van der Waals surface area contributed by atoms with Gasteiger partial charge in [0.25, 0.3) is 0 Å². The number of ether oxygens (including phenoxy) is 1. The SMILES string of the molecule is CCc1cnc(C2CCN(N)CC2)cc1OC. The van der Waals surface area contributed by atoms with Crippen molar-refractivity contribution in [2.24, 2.45) is 5.84 Å². The molecule has 2 heterocycles. The number of nitrogens with two attached hydrogens (primary N) is 1. The lowest BCUT2D eigenvalue weighted by Gasteiger charge is -2.28. The Labute approximate surface area is 103 Å².